The third kappa shape index (κ3) is 0.124. The van der Waals surface area contributed by atoms with E-state index in [0.29, 0.717) is 5.56 Å². The van der Waals surface area contributed by atoms with E-state index in [1.165, 1.54) is 0 Å². The number of hydrogen-bond acceptors (Lipinski definition) is 2. The summed E-state index contributed by atoms with van der Waals surface area (Å²) in [6.45, 7) is -3.72. The first kappa shape index (κ1) is 9.52. The van der Waals surface area contributed by atoms with Crippen LogP contribution in [0.4, 0.5) is 0 Å². The van der Waals surface area contributed by atoms with Gasteiger partial charge in [0.1, 0.15) is 0 Å². The molecule has 0 aromatic heterocycles. The number of ketones is 1. The van der Waals surface area contributed by atoms with Crippen LogP contribution in [0, 0.1) is 11.8 Å². The number of aromatic hydroxyl groups is 1. The Morgan fingerprint density at radius 2 is 1.74 bits per heavy atom. The molecule has 5 unspecified atom stereocenters. The molecule has 5 atom stereocenters. The number of halogens is 1. The van der Waals surface area contributed by atoms with Gasteiger partial charge in [0.05, 0.1) is 0 Å². The summed E-state index contributed by atoms with van der Waals surface area (Å²) < 4.78 is -0.0540. The van der Waals surface area contributed by atoms with Gasteiger partial charge in [-0.05, 0) is 0 Å². The molecule has 1 aromatic rings. The number of phenolic OH excluding ortho intramolecular Hbond substituents is 1. The Bertz CT molecular complexity index is 1440. The molecular formula is C19H13ClFeO2. The van der Waals surface area contributed by atoms with Crippen LogP contribution in [0.3, 0.4) is 0 Å². The minimum absolute atomic E-state index is 0.0105. The van der Waals surface area contributed by atoms with Crippen molar-refractivity contribution >= 4 is 17.4 Å². The van der Waals surface area contributed by atoms with Crippen molar-refractivity contribution in [2.45, 2.75) is 46.6 Å². The zero-order valence-corrected chi connectivity index (χ0v) is 13.9. The summed E-state index contributed by atoms with van der Waals surface area (Å²) in [7, 11) is 0. The molecule has 0 radical (unpaired) electrons. The summed E-state index contributed by atoms with van der Waals surface area (Å²) in [4.78, 5) is 21.1. The van der Waals surface area contributed by atoms with Crippen LogP contribution >= 0.6 is 11.6 Å². The summed E-state index contributed by atoms with van der Waals surface area (Å²) in [5.41, 5.74) is 0.566. The van der Waals surface area contributed by atoms with E-state index in [-0.39, 0.29) is 19.6 Å². The van der Waals surface area contributed by atoms with Crippen LogP contribution in [0.5, 0.6) is 5.75 Å². The topological polar surface area (TPSA) is 37.3 Å². The average Bonchev–Trinajstić information content (AvgIpc) is 3.48. The van der Waals surface area contributed by atoms with Gasteiger partial charge in [-0.3, -0.25) is 0 Å². The number of hydrogen-bond donors (Lipinski definition) is 1. The van der Waals surface area contributed by atoms with Gasteiger partial charge in [-0.15, -0.1) is 0 Å². The SMILES string of the molecule is O=C(C#Cc1ccccc1O)[C]12[CH]3[CH]4[CH]5[C]1(Cl)[Fe]45321678[CH]2[CH]1[CH]6[CH]7[CH]28. The molecule has 0 saturated carbocycles. The Balaban J connectivity index is 1.25. The molecule has 1 aromatic carbocycles. The van der Waals surface area contributed by atoms with E-state index in [9.17, 15) is 9.90 Å². The molecule has 4 heteroatoms. The number of para-hydroxylation sites is 1. The number of rotatable bonds is 1. The van der Waals surface area contributed by atoms with E-state index in [1.54, 1.807) is 18.2 Å². The molecule has 2 nitrogen and oxygen atoms in total. The molecular weight excluding hydrogens is 352 g/mol. The second kappa shape index (κ2) is 0.938. The molecule has 0 bridgehead atoms. The Hall–Kier alpha value is -0.941. The predicted molar refractivity (Wildman–Crippen MR) is 81.3 cm³/mol. The first-order chi connectivity index (χ1) is 10.8. The average molecular weight is 365 g/mol. The van der Waals surface area contributed by atoms with Crippen LogP contribution in [-0.2, 0) is 11.3 Å². The number of alkyl halides is 1. The van der Waals surface area contributed by atoms with Crippen molar-refractivity contribution in [1.29, 1.82) is 0 Å². The molecule has 10 aliphatic rings. The molecule has 0 aliphatic carbocycles. The van der Waals surface area contributed by atoms with Gasteiger partial charge in [0.15, 0.2) is 0 Å². The molecule has 10 fully saturated rings. The molecule has 10 aliphatic heterocycles. The van der Waals surface area contributed by atoms with E-state index >= 15 is 0 Å². The van der Waals surface area contributed by atoms with Crippen LogP contribution < -0.4 is 0 Å². The Labute approximate surface area is 127 Å². The van der Waals surface area contributed by atoms with Crippen molar-refractivity contribution in [3.05, 3.63) is 29.8 Å². The predicted octanol–water partition coefficient (Wildman–Crippen LogP) is 4.22. The van der Waals surface area contributed by atoms with E-state index < -0.39 is 6.51 Å². The minimum atomic E-state index is -3.72. The molecule has 116 valence electrons. The fourth-order valence-electron chi connectivity index (χ4n) is 17.7. The van der Waals surface area contributed by atoms with Crippen molar-refractivity contribution in [1.82, 2.24) is 0 Å². The monoisotopic (exact) mass is 364 g/mol. The number of carbonyl (C=O) groups is 1. The quantitative estimate of drug-likeness (QED) is 0.460. The Morgan fingerprint density at radius 3 is 2.17 bits per heavy atom. The molecule has 1 N–H and O–H groups in total. The van der Waals surface area contributed by atoms with Gasteiger partial charge in [0, 0.05) is 0 Å². The number of phenols is 1. The van der Waals surface area contributed by atoms with Crippen LogP contribution in [0.25, 0.3) is 0 Å². The summed E-state index contributed by atoms with van der Waals surface area (Å²) in [6.07, 6.45) is 0. The normalized spacial score (nSPS) is 93.4. The van der Waals surface area contributed by atoms with E-state index in [2.05, 4.69) is 11.8 Å². The molecule has 11 rings (SSSR count). The fourth-order valence-corrected chi connectivity index (χ4v) is 97.0. The van der Waals surface area contributed by atoms with Gasteiger partial charge in [-0.2, -0.15) is 0 Å². The standard InChI is InChI=1S/C14H8ClO2.C5H5.Fe/c15-12-6-3-5-11(12)14(17)9-8-10-4-1-2-7-13(10)16;1-2-4-5-3-1;/h1-7,16H;1-5H;. The summed E-state index contributed by atoms with van der Waals surface area (Å²) in [5.74, 6) is 6.34. The van der Waals surface area contributed by atoms with Gasteiger partial charge in [-0.1, -0.05) is 0 Å². The maximum absolute atomic E-state index is 13.4. The molecule has 10 saturated heterocycles. The number of fused-ring (bicyclic) bond motifs is 10. The zero-order valence-electron chi connectivity index (χ0n) is 12.0. The molecule has 23 heavy (non-hydrogen) atoms. The van der Waals surface area contributed by atoms with Gasteiger partial charge >= 0.3 is 128 Å². The third-order valence-corrected chi connectivity index (χ3v) is 62.0. The third-order valence-electron chi connectivity index (χ3n) is 16.2. The zero-order chi connectivity index (χ0) is 14.9. The summed E-state index contributed by atoms with van der Waals surface area (Å²) >= 11 is 7.41. The van der Waals surface area contributed by atoms with Crippen LogP contribution in [0.2, 0.25) is 42.8 Å². The van der Waals surface area contributed by atoms with Crippen molar-refractivity contribution in [2.24, 2.45) is 0 Å². The Morgan fingerprint density at radius 1 is 1.09 bits per heavy atom. The summed E-state index contributed by atoms with van der Waals surface area (Å²) in [6, 6.07) is 7.04. The van der Waals surface area contributed by atoms with Crippen molar-refractivity contribution in [3.8, 4) is 17.6 Å². The van der Waals surface area contributed by atoms with Crippen LogP contribution in [-0.4, -0.2) is 14.7 Å². The van der Waals surface area contributed by atoms with Crippen molar-refractivity contribution in [2.75, 3.05) is 0 Å². The van der Waals surface area contributed by atoms with Gasteiger partial charge in [-0.25, -0.2) is 0 Å². The van der Waals surface area contributed by atoms with Gasteiger partial charge in [0.25, 0.3) is 0 Å². The Kier molecular flexibility index (Phi) is 0.388. The second-order valence-corrected chi connectivity index (χ2v) is 35.9. The van der Waals surface area contributed by atoms with E-state index in [4.69, 9.17) is 11.6 Å². The fraction of sp³-hybridized carbons (Fsp3) is 0.526. The first-order valence-corrected chi connectivity index (χ1v) is 15.2. The number of carbonyl (C=O) groups excluding carboxylic acids is 1. The van der Waals surface area contributed by atoms with Crippen LogP contribution in [0.15, 0.2) is 24.3 Å². The van der Waals surface area contributed by atoms with Crippen molar-refractivity contribution in [3.63, 3.8) is 0 Å². The summed E-state index contributed by atoms with van der Waals surface area (Å²) in [5, 5.41) is 9.89. The molecule has 1 spiro atoms. The van der Waals surface area contributed by atoms with Gasteiger partial charge < -0.3 is 0 Å². The second-order valence-electron chi connectivity index (χ2n) is 11.8. The first-order valence-electron chi connectivity index (χ1n) is 8.59. The van der Waals surface area contributed by atoms with Crippen LogP contribution in [0.1, 0.15) is 5.56 Å². The van der Waals surface area contributed by atoms with E-state index in [0.717, 1.165) is 38.5 Å². The molecule has 10 heterocycles. The van der Waals surface area contributed by atoms with Gasteiger partial charge in [0.2, 0.25) is 0 Å². The van der Waals surface area contributed by atoms with Crippen molar-refractivity contribution < 1.29 is 16.4 Å². The maximum atomic E-state index is 13.4. The molecule has 0 amide bonds. The number of Topliss-reactive ketones (excluding diaryl/α,β-unsaturated/α-hetero) is 1. The number of benzene rings is 1. The van der Waals surface area contributed by atoms with E-state index in [1.807, 2.05) is 6.07 Å².